The number of nitriles is 1. The van der Waals surface area contributed by atoms with Gasteiger partial charge >= 0.3 is 0 Å². The topological polar surface area (TPSA) is 65.2 Å². The van der Waals surface area contributed by atoms with E-state index in [1.807, 2.05) is 32.0 Å². The van der Waals surface area contributed by atoms with Crippen molar-refractivity contribution in [3.05, 3.63) is 29.8 Å². The summed E-state index contributed by atoms with van der Waals surface area (Å²) in [6, 6.07) is 10.0. The molecular weight excluding hydrogens is 286 g/mol. The lowest BCUT2D eigenvalue weighted by atomic mass is 9.77. The van der Waals surface area contributed by atoms with Crippen molar-refractivity contribution in [1.82, 2.24) is 5.32 Å². The average Bonchev–Trinajstić information content (AvgIpc) is 2.96. The Balaban J connectivity index is 1.69. The van der Waals surface area contributed by atoms with Gasteiger partial charge in [0.15, 0.2) is 0 Å². The van der Waals surface area contributed by atoms with Crippen LogP contribution in [0.3, 0.4) is 0 Å². The van der Waals surface area contributed by atoms with Crippen LogP contribution in [-0.2, 0) is 4.79 Å². The standard InChI is InChI=1S/C19H23N3O/c1-3-12(2)18(11-20)22-19(23)13-8-9-17-15(10-13)14-6-4-5-7-16(14)21-17/h4-7,12-13,15,18H,3,8-10H2,1-2H3,(H,22,23)/t12?,13?,15?,18-/m1/s1. The van der Waals surface area contributed by atoms with Gasteiger partial charge in [-0.05, 0) is 36.8 Å². The second-order valence-electron chi connectivity index (χ2n) is 6.69. The minimum absolute atomic E-state index is 0.0231. The van der Waals surface area contributed by atoms with E-state index in [0.717, 1.165) is 31.4 Å². The van der Waals surface area contributed by atoms with Crippen molar-refractivity contribution >= 4 is 17.3 Å². The number of fused-ring (bicyclic) bond motifs is 3. The number of para-hydroxylation sites is 1. The van der Waals surface area contributed by atoms with Gasteiger partial charge in [0.2, 0.25) is 5.91 Å². The first kappa shape index (κ1) is 15.7. The fraction of sp³-hybridized carbons (Fsp3) is 0.526. The summed E-state index contributed by atoms with van der Waals surface area (Å²) in [6.07, 6.45) is 3.39. The lowest BCUT2D eigenvalue weighted by molar-refractivity contribution is -0.126. The van der Waals surface area contributed by atoms with E-state index in [1.165, 1.54) is 11.3 Å². The molecule has 1 aromatic carbocycles. The normalized spacial score (nSPS) is 24.7. The molecule has 1 N–H and O–H groups in total. The van der Waals surface area contributed by atoms with Gasteiger partial charge < -0.3 is 5.32 Å². The highest BCUT2D eigenvalue weighted by atomic mass is 16.1. The highest BCUT2D eigenvalue weighted by molar-refractivity contribution is 5.99. The van der Waals surface area contributed by atoms with Gasteiger partial charge in [-0.25, -0.2) is 0 Å². The fourth-order valence-corrected chi connectivity index (χ4v) is 3.56. The van der Waals surface area contributed by atoms with Crippen molar-refractivity contribution in [1.29, 1.82) is 5.26 Å². The van der Waals surface area contributed by atoms with E-state index in [9.17, 15) is 10.1 Å². The molecule has 1 fully saturated rings. The molecule has 1 amide bonds. The number of aliphatic imine (C=N–C) groups is 1. The van der Waals surface area contributed by atoms with Crippen LogP contribution >= 0.6 is 0 Å². The summed E-state index contributed by atoms with van der Waals surface area (Å²) in [5.41, 5.74) is 3.52. The van der Waals surface area contributed by atoms with Gasteiger partial charge in [-0.2, -0.15) is 5.26 Å². The van der Waals surface area contributed by atoms with Crippen molar-refractivity contribution in [2.24, 2.45) is 16.8 Å². The zero-order valence-electron chi connectivity index (χ0n) is 13.7. The van der Waals surface area contributed by atoms with Crippen molar-refractivity contribution in [3.63, 3.8) is 0 Å². The Kier molecular flexibility index (Phi) is 4.47. The van der Waals surface area contributed by atoms with Crippen LogP contribution in [0.25, 0.3) is 0 Å². The number of carbonyl (C=O) groups is 1. The summed E-state index contributed by atoms with van der Waals surface area (Å²) in [4.78, 5) is 17.3. The third-order valence-corrected chi connectivity index (χ3v) is 5.27. The largest absolute Gasteiger partial charge is 0.340 e. The maximum atomic E-state index is 12.6. The Morgan fingerprint density at radius 3 is 3.00 bits per heavy atom. The van der Waals surface area contributed by atoms with Gasteiger partial charge in [0.25, 0.3) is 0 Å². The first-order valence-electron chi connectivity index (χ1n) is 8.50. The molecule has 4 heteroatoms. The predicted molar refractivity (Wildman–Crippen MR) is 90.6 cm³/mol. The maximum absolute atomic E-state index is 12.6. The average molecular weight is 309 g/mol. The number of carbonyl (C=O) groups excluding carboxylic acids is 1. The monoisotopic (exact) mass is 309 g/mol. The van der Waals surface area contributed by atoms with Crippen molar-refractivity contribution in [3.8, 4) is 6.07 Å². The Bertz CT molecular complexity index is 673. The quantitative estimate of drug-likeness (QED) is 0.921. The highest BCUT2D eigenvalue weighted by Gasteiger charge is 2.36. The molecule has 3 unspecified atom stereocenters. The summed E-state index contributed by atoms with van der Waals surface area (Å²) >= 11 is 0. The summed E-state index contributed by atoms with van der Waals surface area (Å²) in [6.45, 7) is 4.05. The van der Waals surface area contributed by atoms with Crippen LogP contribution in [-0.4, -0.2) is 17.7 Å². The summed E-state index contributed by atoms with van der Waals surface area (Å²) in [5, 5.41) is 12.2. The summed E-state index contributed by atoms with van der Waals surface area (Å²) in [7, 11) is 0. The molecule has 2 aliphatic rings. The van der Waals surface area contributed by atoms with E-state index < -0.39 is 6.04 Å². The predicted octanol–water partition coefficient (Wildman–Crippen LogP) is 3.71. The number of benzene rings is 1. The Morgan fingerprint density at radius 2 is 2.26 bits per heavy atom. The van der Waals surface area contributed by atoms with Crippen LogP contribution in [0.15, 0.2) is 29.3 Å². The molecule has 1 aromatic rings. The van der Waals surface area contributed by atoms with Crippen LogP contribution in [0, 0.1) is 23.2 Å². The van der Waals surface area contributed by atoms with Crippen LogP contribution in [0.1, 0.15) is 51.0 Å². The number of rotatable bonds is 4. The molecular formula is C19H23N3O. The minimum atomic E-state index is -0.390. The van der Waals surface area contributed by atoms with E-state index in [-0.39, 0.29) is 23.7 Å². The van der Waals surface area contributed by atoms with Gasteiger partial charge in [-0.3, -0.25) is 9.79 Å². The van der Waals surface area contributed by atoms with Gasteiger partial charge in [-0.1, -0.05) is 38.5 Å². The van der Waals surface area contributed by atoms with Crippen molar-refractivity contribution in [2.75, 3.05) is 0 Å². The smallest absolute Gasteiger partial charge is 0.224 e. The van der Waals surface area contributed by atoms with Gasteiger partial charge in [0.05, 0.1) is 11.8 Å². The molecule has 0 aromatic heterocycles. The number of hydrogen-bond donors (Lipinski definition) is 1. The highest BCUT2D eigenvalue weighted by Crippen LogP contribution is 2.44. The van der Waals surface area contributed by atoms with Gasteiger partial charge in [0, 0.05) is 17.5 Å². The zero-order chi connectivity index (χ0) is 16.4. The number of amides is 1. The first-order valence-corrected chi connectivity index (χ1v) is 8.50. The summed E-state index contributed by atoms with van der Waals surface area (Å²) in [5.74, 6) is 0.460. The lowest BCUT2D eigenvalue weighted by Crippen LogP contribution is -2.43. The first-order chi connectivity index (χ1) is 11.1. The molecule has 0 spiro atoms. The van der Waals surface area contributed by atoms with Crippen LogP contribution in [0.4, 0.5) is 5.69 Å². The van der Waals surface area contributed by atoms with Crippen LogP contribution in [0.2, 0.25) is 0 Å². The molecule has 1 heterocycles. The van der Waals surface area contributed by atoms with Crippen LogP contribution < -0.4 is 5.32 Å². The molecule has 0 bridgehead atoms. The van der Waals surface area contributed by atoms with E-state index in [4.69, 9.17) is 4.99 Å². The molecule has 4 nitrogen and oxygen atoms in total. The molecule has 0 radical (unpaired) electrons. The fourth-order valence-electron chi connectivity index (χ4n) is 3.56. The lowest BCUT2D eigenvalue weighted by Gasteiger charge is -2.28. The minimum Gasteiger partial charge on any atom is -0.340 e. The molecule has 120 valence electrons. The zero-order valence-corrected chi connectivity index (χ0v) is 13.7. The number of hydrogen-bond acceptors (Lipinski definition) is 3. The second-order valence-corrected chi connectivity index (χ2v) is 6.69. The molecule has 23 heavy (non-hydrogen) atoms. The maximum Gasteiger partial charge on any atom is 0.224 e. The second kappa shape index (κ2) is 6.54. The molecule has 4 atom stereocenters. The van der Waals surface area contributed by atoms with E-state index in [0.29, 0.717) is 0 Å². The number of nitrogens with zero attached hydrogens (tertiary/aromatic N) is 2. The van der Waals surface area contributed by atoms with E-state index in [2.05, 4.69) is 17.5 Å². The van der Waals surface area contributed by atoms with E-state index in [1.54, 1.807) is 0 Å². The third kappa shape index (κ3) is 3.01. The van der Waals surface area contributed by atoms with Crippen molar-refractivity contribution < 1.29 is 4.79 Å². The Hall–Kier alpha value is -2.15. The van der Waals surface area contributed by atoms with E-state index >= 15 is 0 Å². The van der Waals surface area contributed by atoms with Gasteiger partial charge in [0.1, 0.15) is 6.04 Å². The van der Waals surface area contributed by atoms with Crippen molar-refractivity contribution in [2.45, 2.75) is 51.5 Å². The Morgan fingerprint density at radius 1 is 1.48 bits per heavy atom. The van der Waals surface area contributed by atoms with Crippen LogP contribution in [0.5, 0.6) is 0 Å². The molecule has 3 rings (SSSR count). The number of nitrogens with one attached hydrogen (secondary N) is 1. The molecule has 1 saturated carbocycles. The summed E-state index contributed by atoms with van der Waals surface area (Å²) < 4.78 is 0. The molecule has 1 aliphatic carbocycles. The third-order valence-electron chi connectivity index (χ3n) is 5.27. The van der Waals surface area contributed by atoms with Gasteiger partial charge in [-0.15, -0.1) is 0 Å². The molecule has 1 aliphatic heterocycles. The molecule has 0 saturated heterocycles. The Labute approximate surface area is 137 Å². The SMILES string of the molecule is CCC(C)[C@@H](C#N)NC(=O)C1CCC2=Nc3ccccc3C2C1.